The molecule has 0 radical (unpaired) electrons. The lowest BCUT2D eigenvalue weighted by Crippen LogP contribution is -2.24. The molecule has 0 aliphatic carbocycles. The summed E-state index contributed by atoms with van der Waals surface area (Å²) in [6.45, 7) is 4.51. The van der Waals surface area contributed by atoms with E-state index in [1.54, 1.807) is 14.2 Å². The van der Waals surface area contributed by atoms with Crippen molar-refractivity contribution in [3.05, 3.63) is 59.7 Å². The molecule has 2 rings (SSSR count). The summed E-state index contributed by atoms with van der Waals surface area (Å²) in [6, 6.07) is 16.7. The molecule has 2 heteroatoms. The fourth-order valence-corrected chi connectivity index (χ4v) is 2.99. The van der Waals surface area contributed by atoms with Crippen molar-refractivity contribution >= 4 is 0 Å². The molecule has 2 aromatic rings. The smallest absolute Gasteiger partial charge is 0.122 e. The van der Waals surface area contributed by atoms with Crippen LogP contribution in [0.4, 0.5) is 0 Å². The average molecular weight is 284 g/mol. The summed E-state index contributed by atoms with van der Waals surface area (Å²) in [5.74, 6) is 1.84. The lowest BCUT2D eigenvalue weighted by molar-refractivity contribution is 0.391. The molecule has 0 amide bonds. The van der Waals surface area contributed by atoms with Gasteiger partial charge in [-0.25, -0.2) is 0 Å². The van der Waals surface area contributed by atoms with Gasteiger partial charge in [0.05, 0.1) is 14.2 Å². The van der Waals surface area contributed by atoms with Crippen LogP contribution < -0.4 is 9.47 Å². The van der Waals surface area contributed by atoms with Crippen molar-refractivity contribution in [2.75, 3.05) is 14.2 Å². The maximum atomic E-state index is 5.58. The maximum absolute atomic E-state index is 5.58. The van der Waals surface area contributed by atoms with E-state index in [0.717, 1.165) is 24.3 Å². The van der Waals surface area contributed by atoms with Crippen molar-refractivity contribution in [2.24, 2.45) is 0 Å². The second-order valence-electron chi connectivity index (χ2n) is 5.51. The van der Waals surface area contributed by atoms with E-state index in [1.807, 2.05) is 24.3 Å². The van der Waals surface area contributed by atoms with Crippen molar-refractivity contribution in [3.63, 3.8) is 0 Å². The van der Waals surface area contributed by atoms with Crippen molar-refractivity contribution in [1.82, 2.24) is 0 Å². The third-order valence-electron chi connectivity index (χ3n) is 4.18. The highest BCUT2D eigenvalue weighted by molar-refractivity contribution is 5.47. The average Bonchev–Trinajstić information content (AvgIpc) is 2.55. The SMILES string of the molecule is CCCC(C)(c1ccc(OC)cc1)c1ccccc1OC. The zero-order valence-corrected chi connectivity index (χ0v) is 13.3. The van der Waals surface area contributed by atoms with Gasteiger partial charge in [-0.05, 0) is 30.2 Å². The molecule has 0 spiro atoms. The van der Waals surface area contributed by atoms with Crippen LogP contribution in [0.2, 0.25) is 0 Å². The molecule has 0 aromatic heterocycles. The van der Waals surface area contributed by atoms with E-state index in [1.165, 1.54) is 11.1 Å². The van der Waals surface area contributed by atoms with Crippen LogP contribution in [0, 0.1) is 0 Å². The Morgan fingerprint density at radius 2 is 1.57 bits per heavy atom. The van der Waals surface area contributed by atoms with Gasteiger partial charge in [0.25, 0.3) is 0 Å². The Bertz CT molecular complexity index is 574. The number of hydrogen-bond donors (Lipinski definition) is 0. The zero-order chi connectivity index (χ0) is 15.3. The molecule has 0 fully saturated rings. The van der Waals surface area contributed by atoms with Gasteiger partial charge in [0.15, 0.2) is 0 Å². The van der Waals surface area contributed by atoms with Gasteiger partial charge in [0, 0.05) is 11.0 Å². The molecule has 21 heavy (non-hydrogen) atoms. The maximum Gasteiger partial charge on any atom is 0.122 e. The third kappa shape index (κ3) is 3.05. The van der Waals surface area contributed by atoms with Crippen LogP contribution in [-0.4, -0.2) is 14.2 Å². The summed E-state index contributed by atoms with van der Waals surface area (Å²) in [6.07, 6.45) is 2.18. The Morgan fingerprint density at radius 1 is 0.905 bits per heavy atom. The van der Waals surface area contributed by atoms with E-state index >= 15 is 0 Å². The monoisotopic (exact) mass is 284 g/mol. The minimum atomic E-state index is -0.0619. The summed E-state index contributed by atoms with van der Waals surface area (Å²) in [4.78, 5) is 0. The standard InChI is InChI=1S/C19H24O2/c1-5-14-19(2,15-10-12-16(20-3)13-11-15)17-8-6-7-9-18(17)21-4/h6-13H,5,14H2,1-4H3. The molecule has 0 N–H and O–H groups in total. The van der Waals surface area contributed by atoms with Gasteiger partial charge in [-0.3, -0.25) is 0 Å². The van der Waals surface area contributed by atoms with Gasteiger partial charge in [-0.15, -0.1) is 0 Å². The molecular formula is C19H24O2. The van der Waals surface area contributed by atoms with Crippen LogP contribution in [0.3, 0.4) is 0 Å². The molecule has 2 aromatic carbocycles. The number of para-hydroxylation sites is 1. The highest BCUT2D eigenvalue weighted by Gasteiger charge is 2.30. The summed E-state index contributed by atoms with van der Waals surface area (Å²) >= 11 is 0. The van der Waals surface area contributed by atoms with E-state index < -0.39 is 0 Å². The van der Waals surface area contributed by atoms with E-state index in [0.29, 0.717) is 0 Å². The van der Waals surface area contributed by atoms with Crippen molar-refractivity contribution in [1.29, 1.82) is 0 Å². The predicted octanol–water partition coefficient (Wildman–Crippen LogP) is 4.81. The molecule has 0 saturated carbocycles. The molecular weight excluding hydrogens is 260 g/mol. The van der Waals surface area contributed by atoms with E-state index in [2.05, 4.69) is 38.1 Å². The van der Waals surface area contributed by atoms with Crippen LogP contribution >= 0.6 is 0 Å². The molecule has 0 heterocycles. The largest absolute Gasteiger partial charge is 0.497 e. The predicted molar refractivity (Wildman–Crippen MR) is 87.4 cm³/mol. The summed E-state index contributed by atoms with van der Waals surface area (Å²) < 4.78 is 10.8. The third-order valence-corrected chi connectivity index (χ3v) is 4.18. The Morgan fingerprint density at radius 3 is 2.14 bits per heavy atom. The molecule has 112 valence electrons. The molecule has 0 aliphatic rings. The van der Waals surface area contributed by atoms with Crippen LogP contribution in [0.5, 0.6) is 11.5 Å². The molecule has 1 unspecified atom stereocenters. The second kappa shape index (κ2) is 6.66. The Labute approximate surface area is 127 Å². The number of ether oxygens (including phenoxy) is 2. The Kier molecular flexibility index (Phi) is 4.89. The van der Waals surface area contributed by atoms with E-state index in [-0.39, 0.29) is 5.41 Å². The molecule has 1 atom stereocenters. The molecule has 0 bridgehead atoms. The van der Waals surface area contributed by atoms with Gasteiger partial charge < -0.3 is 9.47 Å². The molecule has 0 aliphatic heterocycles. The first-order chi connectivity index (χ1) is 10.2. The van der Waals surface area contributed by atoms with Gasteiger partial charge >= 0.3 is 0 Å². The van der Waals surface area contributed by atoms with Crippen LogP contribution in [0.1, 0.15) is 37.8 Å². The van der Waals surface area contributed by atoms with Gasteiger partial charge in [-0.2, -0.15) is 0 Å². The van der Waals surface area contributed by atoms with Gasteiger partial charge in [-0.1, -0.05) is 50.6 Å². The van der Waals surface area contributed by atoms with Crippen LogP contribution in [0.25, 0.3) is 0 Å². The number of benzene rings is 2. The first-order valence-electron chi connectivity index (χ1n) is 7.43. The molecule has 0 saturated heterocycles. The quantitative estimate of drug-likeness (QED) is 0.758. The second-order valence-corrected chi connectivity index (χ2v) is 5.51. The van der Waals surface area contributed by atoms with Gasteiger partial charge in [0.1, 0.15) is 11.5 Å². The highest BCUT2D eigenvalue weighted by Crippen LogP contribution is 2.41. The van der Waals surface area contributed by atoms with Crippen molar-refractivity contribution in [2.45, 2.75) is 32.1 Å². The lowest BCUT2D eigenvalue weighted by atomic mass is 9.72. The summed E-state index contributed by atoms with van der Waals surface area (Å²) in [5.41, 5.74) is 2.46. The summed E-state index contributed by atoms with van der Waals surface area (Å²) in [7, 11) is 3.43. The first kappa shape index (κ1) is 15.4. The lowest BCUT2D eigenvalue weighted by Gasteiger charge is -2.32. The topological polar surface area (TPSA) is 18.5 Å². The van der Waals surface area contributed by atoms with Crippen molar-refractivity contribution in [3.8, 4) is 11.5 Å². The van der Waals surface area contributed by atoms with Crippen LogP contribution in [-0.2, 0) is 5.41 Å². The summed E-state index contributed by atoms with van der Waals surface area (Å²) in [5, 5.41) is 0. The highest BCUT2D eigenvalue weighted by atomic mass is 16.5. The Hall–Kier alpha value is -1.96. The van der Waals surface area contributed by atoms with Crippen LogP contribution in [0.15, 0.2) is 48.5 Å². The normalized spacial score (nSPS) is 13.5. The fourth-order valence-electron chi connectivity index (χ4n) is 2.99. The number of hydrogen-bond acceptors (Lipinski definition) is 2. The first-order valence-corrected chi connectivity index (χ1v) is 7.43. The van der Waals surface area contributed by atoms with E-state index in [4.69, 9.17) is 9.47 Å². The number of methoxy groups -OCH3 is 2. The molecule has 2 nitrogen and oxygen atoms in total. The van der Waals surface area contributed by atoms with Gasteiger partial charge in [0.2, 0.25) is 0 Å². The van der Waals surface area contributed by atoms with E-state index in [9.17, 15) is 0 Å². The van der Waals surface area contributed by atoms with Crippen molar-refractivity contribution < 1.29 is 9.47 Å². The zero-order valence-electron chi connectivity index (χ0n) is 13.3. The fraction of sp³-hybridized carbons (Fsp3) is 0.368. The Balaban J connectivity index is 2.52. The minimum absolute atomic E-state index is 0.0619. The number of rotatable bonds is 6. The minimum Gasteiger partial charge on any atom is -0.497 e.